The lowest BCUT2D eigenvalue weighted by atomic mass is 10.1. The highest BCUT2D eigenvalue weighted by Crippen LogP contribution is 2.35. The van der Waals surface area contributed by atoms with Gasteiger partial charge in [-0.3, -0.25) is 0 Å². The van der Waals surface area contributed by atoms with Gasteiger partial charge in [0.1, 0.15) is 24.7 Å². The molecule has 1 aliphatic rings. The van der Waals surface area contributed by atoms with Gasteiger partial charge in [0.2, 0.25) is 12.6 Å². The van der Waals surface area contributed by atoms with Gasteiger partial charge in [0.15, 0.2) is 0 Å². The summed E-state index contributed by atoms with van der Waals surface area (Å²) in [6.45, 7) is 4.53. The smallest absolute Gasteiger partial charge is 0.247 e. The number of allylic oxidation sites excluding steroid dienone is 1. The van der Waals surface area contributed by atoms with Gasteiger partial charge in [0.25, 0.3) is 0 Å². The van der Waals surface area contributed by atoms with Crippen molar-refractivity contribution in [1.82, 2.24) is 4.57 Å². The van der Waals surface area contributed by atoms with Gasteiger partial charge in [-0.05, 0) is 18.2 Å². The summed E-state index contributed by atoms with van der Waals surface area (Å²) in [7, 11) is 0. The van der Waals surface area contributed by atoms with Crippen molar-refractivity contribution in [2.45, 2.75) is 19.2 Å². The first-order valence-electron chi connectivity index (χ1n) is 5.89. The molecule has 0 N–H and O–H groups in total. The van der Waals surface area contributed by atoms with Crippen molar-refractivity contribution in [3.8, 4) is 5.75 Å². The normalized spacial score (nSPS) is 17.3. The molecule has 4 heteroatoms. The maximum absolute atomic E-state index is 5.98. The second-order valence-electron chi connectivity index (χ2n) is 4.37. The Kier molecular flexibility index (Phi) is 2.84. The van der Waals surface area contributed by atoms with Crippen LogP contribution in [0, 0.1) is 0 Å². The fourth-order valence-electron chi connectivity index (χ4n) is 2.20. The average molecular weight is 262 g/mol. The predicted molar refractivity (Wildman–Crippen MR) is 69.6 cm³/mol. The molecule has 1 unspecified atom stereocenters. The highest BCUT2D eigenvalue weighted by atomic mass is 35.5. The molecule has 2 heterocycles. The van der Waals surface area contributed by atoms with Crippen molar-refractivity contribution in [1.29, 1.82) is 0 Å². The number of benzene rings is 1. The second kappa shape index (κ2) is 4.50. The summed E-state index contributed by atoms with van der Waals surface area (Å²) in [6.07, 6.45) is 8.79. The number of aromatic nitrogens is 2. The van der Waals surface area contributed by atoms with E-state index in [0.29, 0.717) is 0 Å². The van der Waals surface area contributed by atoms with E-state index in [9.17, 15) is 0 Å². The second-order valence-corrected chi connectivity index (χ2v) is 4.81. The van der Waals surface area contributed by atoms with E-state index in [1.54, 1.807) is 0 Å². The minimum Gasteiger partial charge on any atom is -0.451 e. The Balaban J connectivity index is 1.82. The molecule has 0 saturated heterocycles. The standard InChI is InChI=1S/C14H14ClN2O/c1-2-5-16-6-7-17(10-16)14-9-11-8-12(15)3-4-13(11)18-14/h2-4,6-8,10,14H,1,5,9H2/q+1. The Morgan fingerprint density at radius 2 is 2.44 bits per heavy atom. The molecule has 92 valence electrons. The fraction of sp³-hybridized carbons (Fsp3) is 0.214. The quantitative estimate of drug-likeness (QED) is 0.614. The van der Waals surface area contributed by atoms with Crippen molar-refractivity contribution in [2.75, 3.05) is 0 Å². The first-order valence-corrected chi connectivity index (χ1v) is 6.26. The van der Waals surface area contributed by atoms with Crippen LogP contribution in [0.2, 0.25) is 5.02 Å². The van der Waals surface area contributed by atoms with Crippen molar-refractivity contribution in [2.24, 2.45) is 0 Å². The number of fused-ring (bicyclic) bond motifs is 1. The van der Waals surface area contributed by atoms with E-state index in [1.165, 1.54) is 0 Å². The zero-order valence-electron chi connectivity index (χ0n) is 9.92. The summed E-state index contributed by atoms with van der Waals surface area (Å²) in [5.41, 5.74) is 1.16. The Morgan fingerprint density at radius 1 is 1.56 bits per heavy atom. The molecule has 0 bridgehead atoms. The molecule has 1 aliphatic heterocycles. The van der Waals surface area contributed by atoms with E-state index < -0.39 is 0 Å². The highest BCUT2D eigenvalue weighted by molar-refractivity contribution is 6.30. The average Bonchev–Trinajstić information content (AvgIpc) is 2.94. The van der Waals surface area contributed by atoms with Gasteiger partial charge in [-0.25, -0.2) is 4.57 Å². The van der Waals surface area contributed by atoms with Gasteiger partial charge in [0, 0.05) is 10.6 Å². The minimum atomic E-state index is 0.0181. The van der Waals surface area contributed by atoms with Crippen LogP contribution < -0.4 is 9.30 Å². The maximum atomic E-state index is 5.98. The Hall–Kier alpha value is -1.74. The molecule has 0 saturated carbocycles. The van der Waals surface area contributed by atoms with Crippen LogP contribution in [0.1, 0.15) is 11.8 Å². The Morgan fingerprint density at radius 3 is 3.28 bits per heavy atom. The maximum Gasteiger partial charge on any atom is 0.247 e. The van der Waals surface area contributed by atoms with Crippen molar-refractivity contribution < 1.29 is 9.30 Å². The van der Waals surface area contributed by atoms with E-state index in [1.807, 2.05) is 43.0 Å². The molecule has 1 aromatic heterocycles. The van der Waals surface area contributed by atoms with Crippen LogP contribution >= 0.6 is 11.6 Å². The van der Waals surface area contributed by atoms with Crippen molar-refractivity contribution in [3.05, 3.63) is 60.2 Å². The molecule has 1 atom stereocenters. The van der Waals surface area contributed by atoms with Gasteiger partial charge in [-0.15, -0.1) is 0 Å². The molecule has 3 rings (SSSR count). The summed E-state index contributed by atoms with van der Waals surface area (Å²) in [5.74, 6) is 0.924. The lowest BCUT2D eigenvalue weighted by Crippen LogP contribution is -2.30. The number of imidazole rings is 1. The number of rotatable bonds is 3. The van der Waals surface area contributed by atoms with E-state index >= 15 is 0 Å². The van der Waals surface area contributed by atoms with E-state index in [4.69, 9.17) is 16.3 Å². The lowest BCUT2D eigenvalue weighted by molar-refractivity contribution is -0.686. The zero-order valence-corrected chi connectivity index (χ0v) is 10.7. The first kappa shape index (κ1) is 11.4. The molecule has 2 aromatic rings. The van der Waals surface area contributed by atoms with Gasteiger partial charge < -0.3 is 4.74 Å². The van der Waals surface area contributed by atoms with Gasteiger partial charge in [-0.2, -0.15) is 4.57 Å². The molecule has 18 heavy (non-hydrogen) atoms. The molecule has 0 amide bonds. The minimum absolute atomic E-state index is 0.0181. The van der Waals surface area contributed by atoms with Gasteiger partial charge in [0.05, 0.1) is 6.42 Å². The largest absolute Gasteiger partial charge is 0.451 e. The Bertz CT molecular complexity index is 591. The van der Waals surface area contributed by atoms with Crippen LogP contribution in [0.5, 0.6) is 5.75 Å². The van der Waals surface area contributed by atoms with E-state index in [2.05, 4.69) is 15.7 Å². The fourth-order valence-corrected chi connectivity index (χ4v) is 2.40. The number of nitrogens with zero attached hydrogens (tertiary/aromatic N) is 2. The van der Waals surface area contributed by atoms with Crippen LogP contribution in [0.3, 0.4) is 0 Å². The summed E-state index contributed by atoms with van der Waals surface area (Å²) in [6, 6.07) is 5.76. The number of halogens is 1. The molecule has 0 fully saturated rings. The predicted octanol–water partition coefficient (Wildman–Crippen LogP) is 2.75. The SMILES string of the molecule is C=CC[n+]1ccn(C2Cc3cc(Cl)ccc3O2)c1. The molecule has 0 radical (unpaired) electrons. The number of hydrogen-bond acceptors (Lipinski definition) is 1. The van der Waals surface area contributed by atoms with Crippen molar-refractivity contribution in [3.63, 3.8) is 0 Å². The number of hydrogen-bond donors (Lipinski definition) is 0. The topological polar surface area (TPSA) is 18.0 Å². The Labute approximate surface area is 111 Å². The number of ether oxygens (including phenoxy) is 1. The third-order valence-corrected chi connectivity index (χ3v) is 3.30. The highest BCUT2D eigenvalue weighted by Gasteiger charge is 2.28. The zero-order chi connectivity index (χ0) is 12.5. The van der Waals surface area contributed by atoms with Gasteiger partial charge in [-0.1, -0.05) is 24.3 Å². The summed E-state index contributed by atoms with van der Waals surface area (Å²) in [4.78, 5) is 0. The van der Waals surface area contributed by atoms with Crippen LogP contribution in [-0.2, 0) is 13.0 Å². The first-order chi connectivity index (χ1) is 8.76. The molecule has 0 spiro atoms. The van der Waals surface area contributed by atoms with E-state index in [0.717, 1.165) is 29.3 Å². The summed E-state index contributed by atoms with van der Waals surface area (Å²) < 4.78 is 10.0. The van der Waals surface area contributed by atoms with Crippen LogP contribution in [0.25, 0.3) is 0 Å². The molecule has 3 nitrogen and oxygen atoms in total. The molecular formula is C14H14ClN2O+. The van der Waals surface area contributed by atoms with Crippen LogP contribution in [0.15, 0.2) is 49.6 Å². The van der Waals surface area contributed by atoms with Crippen LogP contribution in [-0.4, -0.2) is 4.57 Å². The lowest BCUT2D eigenvalue weighted by Gasteiger charge is -2.05. The molecule has 1 aromatic carbocycles. The van der Waals surface area contributed by atoms with Crippen LogP contribution in [0.4, 0.5) is 0 Å². The third-order valence-electron chi connectivity index (χ3n) is 3.06. The monoisotopic (exact) mass is 261 g/mol. The molecular weight excluding hydrogens is 248 g/mol. The third kappa shape index (κ3) is 2.02. The summed E-state index contributed by atoms with van der Waals surface area (Å²) in [5, 5.41) is 0.757. The van der Waals surface area contributed by atoms with Gasteiger partial charge >= 0.3 is 0 Å². The summed E-state index contributed by atoms with van der Waals surface area (Å²) >= 11 is 5.98. The van der Waals surface area contributed by atoms with E-state index in [-0.39, 0.29) is 6.23 Å². The molecule has 0 aliphatic carbocycles. The van der Waals surface area contributed by atoms with Crippen molar-refractivity contribution >= 4 is 11.6 Å².